The summed E-state index contributed by atoms with van der Waals surface area (Å²) in [6, 6.07) is 16.5. The van der Waals surface area contributed by atoms with Gasteiger partial charge in [0.25, 0.3) is 0 Å². The molecule has 2 heterocycles. The molecule has 6 nitrogen and oxygen atoms in total. The zero-order chi connectivity index (χ0) is 19.5. The highest BCUT2D eigenvalue weighted by molar-refractivity contribution is 5.91. The van der Waals surface area contributed by atoms with Crippen LogP contribution in [0.3, 0.4) is 0 Å². The summed E-state index contributed by atoms with van der Waals surface area (Å²) in [6.45, 7) is 0.920. The van der Waals surface area contributed by atoms with Crippen molar-refractivity contribution in [3.8, 4) is 11.3 Å². The van der Waals surface area contributed by atoms with Crippen LogP contribution in [0, 0.1) is 0 Å². The largest absolute Gasteiger partial charge is 0.368 e. The highest BCUT2D eigenvalue weighted by atomic mass is 15.1. The Morgan fingerprint density at radius 1 is 1.07 bits per heavy atom. The number of nitrogens with two attached hydrogens (primary N) is 1. The van der Waals surface area contributed by atoms with Gasteiger partial charge in [0.2, 0.25) is 5.95 Å². The Balaban J connectivity index is 1.61. The normalized spacial score (nSPS) is 11.7. The van der Waals surface area contributed by atoms with Gasteiger partial charge in [0.05, 0.1) is 16.9 Å². The van der Waals surface area contributed by atoms with Gasteiger partial charge in [-0.25, -0.2) is 9.97 Å². The molecule has 6 heteroatoms. The van der Waals surface area contributed by atoms with Gasteiger partial charge in [-0.2, -0.15) is 5.10 Å². The van der Waals surface area contributed by atoms with Gasteiger partial charge in [-0.15, -0.1) is 0 Å². The molecule has 0 amide bonds. The van der Waals surface area contributed by atoms with E-state index in [-0.39, 0.29) is 5.95 Å². The predicted octanol–water partition coefficient (Wildman–Crippen LogP) is 3.83. The van der Waals surface area contributed by atoms with Crippen LogP contribution in [0.4, 0.5) is 5.95 Å². The van der Waals surface area contributed by atoms with Crippen LogP contribution in [0.15, 0.2) is 54.7 Å². The summed E-state index contributed by atoms with van der Waals surface area (Å²) in [4.78, 5) is 10.4. The monoisotopic (exact) mass is 370 g/mol. The number of nitrogens with one attached hydrogen (secondary N) is 1. The molecule has 4 rings (SSSR count). The van der Waals surface area contributed by atoms with E-state index in [2.05, 4.69) is 75.6 Å². The molecule has 0 saturated carbocycles. The molecule has 140 valence electrons. The van der Waals surface area contributed by atoms with E-state index < -0.39 is 0 Å². The number of aromatic nitrogens is 4. The Labute approximate surface area is 163 Å². The fourth-order valence-electron chi connectivity index (χ4n) is 3.20. The first kappa shape index (κ1) is 17.9. The summed E-state index contributed by atoms with van der Waals surface area (Å²) < 4.78 is 0. The quantitative estimate of drug-likeness (QED) is 0.558. The minimum Gasteiger partial charge on any atom is -0.368 e. The van der Waals surface area contributed by atoms with Crippen molar-refractivity contribution in [3.63, 3.8) is 0 Å². The van der Waals surface area contributed by atoms with Crippen molar-refractivity contribution in [2.24, 2.45) is 0 Å². The number of hydrogen-bond donors (Lipinski definition) is 2. The molecular formula is C22H22N6. The van der Waals surface area contributed by atoms with E-state index in [1.54, 1.807) is 6.20 Å². The van der Waals surface area contributed by atoms with E-state index in [0.29, 0.717) is 0 Å². The van der Waals surface area contributed by atoms with Crippen molar-refractivity contribution in [1.82, 2.24) is 25.1 Å². The van der Waals surface area contributed by atoms with Crippen LogP contribution in [0.2, 0.25) is 0 Å². The van der Waals surface area contributed by atoms with Crippen molar-refractivity contribution >= 4 is 29.0 Å². The summed E-state index contributed by atoms with van der Waals surface area (Å²) in [6.07, 6.45) is 5.79. The van der Waals surface area contributed by atoms with Gasteiger partial charge in [0.15, 0.2) is 0 Å². The number of benzene rings is 2. The Morgan fingerprint density at radius 3 is 2.79 bits per heavy atom. The third-order valence-corrected chi connectivity index (χ3v) is 4.45. The predicted molar refractivity (Wildman–Crippen MR) is 114 cm³/mol. The molecule has 0 aliphatic heterocycles. The molecule has 0 aliphatic rings. The second kappa shape index (κ2) is 7.62. The van der Waals surface area contributed by atoms with Crippen molar-refractivity contribution in [2.75, 3.05) is 19.8 Å². The van der Waals surface area contributed by atoms with Crippen LogP contribution in [0.5, 0.6) is 0 Å². The summed E-state index contributed by atoms with van der Waals surface area (Å²) in [7, 11) is 4.14. The van der Waals surface area contributed by atoms with E-state index >= 15 is 0 Å². The van der Waals surface area contributed by atoms with Crippen molar-refractivity contribution in [3.05, 3.63) is 71.5 Å². The van der Waals surface area contributed by atoms with Crippen molar-refractivity contribution < 1.29 is 0 Å². The summed E-state index contributed by atoms with van der Waals surface area (Å²) in [5, 5.41) is 8.62. The Bertz CT molecular complexity index is 1140. The lowest BCUT2D eigenvalue weighted by Crippen LogP contribution is -2.10. The van der Waals surface area contributed by atoms with Crippen LogP contribution in [0.25, 0.3) is 34.3 Å². The molecule has 0 unspecified atom stereocenters. The highest BCUT2D eigenvalue weighted by Gasteiger charge is 2.07. The third kappa shape index (κ3) is 3.92. The van der Waals surface area contributed by atoms with Crippen LogP contribution in [0.1, 0.15) is 16.8 Å². The fourth-order valence-corrected chi connectivity index (χ4v) is 3.20. The van der Waals surface area contributed by atoms with Gasteiger partial charge in [0.1, 0.15) is 0 Å². The number of H-pyrrole nitrogens is 1. The molecule has 0 fully saturated rings. The number of nitrogen functional groups attached to an aromatic ring is 1. The summed E-state index contributed by atoms with van der Waals surface area (Å²) >= 11 is 0. The van der Waals surface area contributed by atoms with Crippen LogP contribution in [-0.2, 0) is 6.54 Å². The number of nitrogens with zero attached hydrogens (tertiary/aromatic N) is 4. The molecule has 4 aromatic rings. The highest BCUT2D eigenvalue weighted by Crippen LogP contribution is 2.25. The molecule has 0 aliphatic carbocycles. The molecule has 3 N–H and O–H groups in total. The minimum atomic E-state index is 0.266. The average molecular weight is 370 g/mol. The van der Waals surface area contributed by atoms with Crippen molar-refractivity contribution in [1.29, 1.82) is 0 Å². The zero-order valence-electron chi connectivity index (χ0n) is 15.9. The molecule has 0 atom stereocenters. The minimum absolute atomic E-state index is 0.266. The van der Waals surface area contributed by atoms with Gasteiger partial charge in [0, 0.05) is 23.7 Å². The molecular weight excluding hydrogens is 348 g/mol. The maximum atomic E-state index is 5.69. The van der Waals surface area contributed by atoms with Gasteiger partial charge in [-0.05, 0) is 49.5 Å². The molecule has 0 spiro atoms. The second-order valence-electron chi connectivity index (χ2n) is 6.99. The Morgan fingerprint density at radius 2 is 1.96 bits per heavy atom. The SMILES string of the molecule is CN(C)Cc1cccc(C=Cc2n[nH]c3cc(-c4ccnc(N)n4)ccc23)c1. The second-order valence-corrected chi connectivity index (χ2v) is 6.99. The smallest absolute Gasteiger partial charge is 0.220 e. The maximum Gasteiger partial charge on any atom is 0.220 e. The van der Waals surface area contributed by atoms with E-state index in [4.69, 9.17) is 5.73 Å². The Hall–Kier alpha value is -3.51. The topological polar surface area (TPSA) is 83.7 Å². The van der Waals surface area contributed by atoms with Crippen molar-refractivity contribution in [2.45, 2.75) is 6.54 Å². The first-order valence-electron chi connectivity index (χ1n) is 9.07. The van der Waals surface area contributed by atoms with Crippen LogP contribution < -0.4 is 5.73 Å². The summed E-state index contributed by atoms with van der Waals surface area (Å²) in [5.74, 6) is 0.266. The fraction of sp³-hybridized carbons (Fsp3) is 0.136. The number of hydrogen-bond acceptors (Lipinski definition) is 5. The lowest BCUT2D eigenvalue weighted by molar-refractivity contribution is 0.402. The van der Waals surface area contributed by atoms with E-state index in [0.717, 1.165) is 40.0 Å². The Kier molecular flexibility index (Phi) is 4.87. The lowest BCUT2D eigenvalue weighted by atomic mass is 10.1. The third-order valence-electron chi connectivity index (χ3n) is 4.45. The summed E-state index contributed by atoms with van der Waals surface area (Å²) in [5.41, 5.74) is 11.8. The van der Waals surface area contributed by atoms with Crippen LogP contribution in [-0.4, -0.2) is 39.2 Å². The lowest BCUT2D eigenvalue weighted by Gasteiger charge is -2.09. The average Bonchev–Trinajstić information content (AvgIpc) is 3.08. The number of rotatable bonds is 5. The standard InChI is InChI=1S/C22H22N6/c1-28(2)14-16-5-3-4-15(12-16)6-9-20-18-8-7-17(13-21(18)27-26-20)19-10-11-24-22(23)25-19/h3-13H,14H2,1-2H3,(H,26,27)(H2,23,24,25). The van der Waals surface area contributed by atoms with E-state index in [1.807, 2.05) is 24.3 Å². The van der Waals surface area contributed by atoms with Gasteiger partial charge in [-0.3, -0.25) is 5.10 Å². The van der Waals surface area contributed by atoms with Gasteiger partial charge in [-0.1, -0.05) is 36.4 Å². The van der Waals surface area contributed by atoms with E-state index in [9.17, 15) is 0 Å². The van der Waals surface area contributed by atoms with Gasteiger partial charge >= 0.3 is 0 Å². The number of anilines is 1. The molecule has 0 radical (unpaired) electrons. The van der Waals surface area contributed by atoms with Crippen LogP contribution >= 0.6 is 0 Å². The molecule has 28 heavy (non-hydrogen) atoms. The number of fused-ring (bicyclic) bond motifs is 1. The molecule has 2 aromatic carbocycles. The first-order chi connectivity index (χ1) is 13.6. The molecule has 0 saturated heterocycles. The molecule has 0 bridgehead atoms. The zero-order valence-corrected chi connectivity index (χ0v) is 15.9. The van der Waals surface area contributed by atoms with E-state index in [1.165, 1.54) is 5.56 Å². The first-order valence-corrected chi connectivity index (χ1v) is 9.07. The van der Waals surface area contributed by atoms with Gasteiger partial charge < -0.3 is 10.6 Å². The maximum absolute atomic E-state index is 5.69. The number of aromatic amines is 1. The molecule has 2 aromatic heterocycles.